The number of hydrogen-bond donors (Lipinski definition) is 6. The van der Waals surface area contributed by atoms with Crippen LogP contribution in [0.2, 0.25) is 0 Å². The number of ether oxygens (including phenoxy) is 1. The number of aromatic amines is 1. The number of amides is 1. The van der Waals surface area contributed by atoms with Gasteiger partial charge in [0, 0.05) is 13.1 Å². The summed E-state index contributed by atoms with van der Waals surface area (Å²) in [6.07, 6.45) is 5.11. The number of phosphoric ester groups is 1. The Morgan fingerprint density at radius 3 is 2.37 bits per heavy atom. The highest BCUT2D eigenvalue weighted by Crippen LogP contribution is 2.37. The Kier molecular flexibility index (Phi) is 12.1. The number of nitrogens with zero attached hydrogens (tertiary/aromatic N) is 4. The summed E-state index contributed by atoms with van der Waals surface area (Å²) in [5.74, 6) is 0.504. The van der Waals surface area contributed by atoms with E-state index in [-0.39, 0.29) is 29.2 Å². The molecule has 0 bridgehead atoms. The molecule has 5 rings (SSSR count). The topological polar surface area (TPSA) is 224 Å². The molecule has 0 aliphatic carbocycles. The first-order valence-corrected chi connectivity index (χ1v) is 18.1. The highest BCUT2D eigenvalue weighted by atomic mass is 31.2. The van der Waals surface area contributed by atoms with Gasteiger partial charge in [0.25, 0.3) is 0 Å². The zero-order valence-electron chi connectivity index (χ0n) is 27.6. The van der Waals surface area contributed by atoms with Gasteiger partial charge in [-0.2, -0.15) is 9.97 Å². The van der Waals surface area contributed by atoms with Crippen molar-refractivity contribution in [2.24, 2.45) is 11.7 Å². The summed E-state index contributed by atoms with van der Waals surface area (Å²) in [6.45, 7) is 6.21. The van der Waals surface area contributed by atoms with Crippen LogP contribution in [0.15, 0.2) is 53.3 Å². The molecule has 1 aliphatic heterocycles. The summed E-state index contributed by atoms with van der Waals surface area (Å²) in [5.41, 5.74) is 15.6. The number of nitrogens with two attached hydrogens (primary N) is 2. The van der Waals surface area contributed by atoms with Crippen molar-refractivity contribution < 1.29 is 28.4 Å². The molecule has 15 nitrogen and oxygen atoms in total. The van der Waals surface area contributed by atoms with Crippen LogP contribution >= 0.6 is 7.82 Å². The molecule has 1 aliphatic rings. The first-order valence-electron chi connectivity index (χ1n) is 16.5. The third-order valence-electron chi connectivity index (χ3n) is 8.63. The van der Waals surface area contributed by atoms with E-state index < -0.39 is 13.9 Å². The van der Waals surface area contributed by atoms with E-state index in [9.17, 15) is 14.2 Å². The summed E-state index contributed by atoms with van der Waals surface area (Å²) in [4.78, 5) is 56.9. The van der Waals surface area contributed by atoms with Gasteiger partial charge in [-0.3, -0.25) is 24.0 Å². The maximum atomic E-state index is 12.7. The monoisotopic (exact) mass is 696 g/mol. The SMILES string of the molecule is CCCCOc1nc(N)c2[nH]c(=O)n(Cc3ccc(CN4CCC(CCNC(=O)[C@@H](N)Cc5ccc(OP(=O)(O)O)cc5)CC4)cc3)c2n1. The van der Waals surface area contributed by atoms with Crippen LogP contribution in [0.3, 0.4) is 0 Å². The Balaban J connectivity index is 1.03. The summed E-state index contributed by atoms with van der Waals surface area (Å²) < 4.78 is 22.7. The van der Waals surface area contributed by atoms with Crippen molar-refractivity contribution >= 4 is 30.7 Å². The normalized spacial score (nSPS) is 14.9. The zero-order valence-corrected chi connectivity index (χ0v) is 28.5. The number of benzene rings is 2. The first-order chi connectivity index (χ1) is 23.5. The zero-order chi connectivity index (χ0) is 35.0. The van der Waals surface area contributed by atoms with E-state index in [1.54, 1.807) is 16.7 Å². The number of piperidine rings is 1. The second-order valence-electron chi connectivity index (χ2n) is 12.5. The fourth-order valence-corrected chi connectivity index (χ4v) is 6.27. The number of likely N-dealkylation sites (tertiary alicyclic amines) is 1. The summed E-state index contributed by atoms with van der Waals surface area (Å²) in [7, 11) is -4.62. The van der Waals surface area contributed by atoms with Gasteiger partial charge in [0.05, 0.1) is 19.2 Å². The number of imidazole rings is 1. The lowest BCUT2D eigenvalue weighted by molar-refractivity contribution is -0.122. The number of carbonyl (C=O) groups is 1. The van der Waals surface area contributed by atoms with Crippen LogP contribution in [0.5, 0.6) is 11.8 Å². The number of aromatic nitrogens is 4. The van der Waals surface area contributed by atoms with Crippen LogP contribution in [0.1, 0.15) is 55.7 Å². The van der Waals surface area contributed by atoms with E-state index in [4.69, 9.17) is 26.0 Å². The number of unbranched alkanes of at least 4 members (excludes halogenated alkanes) is 1. The van der Waals surface area contributed by atoms with Crippen molar-refractivity contribution in [2.75, 3.05) is 32.0 Å². The lowest BCUT2D eigenvalue weighted by Crippen LogP contribution is -2.43. The van der Waals surface area contributed by atoms with Crippen molar-refractivity contribution in [3.63, 3.8) is 0 Å². The predicted molar refractivity (Wildman–Crippen MR) is 185 cm³/mol. The van der Waals surface area contributed by atoms with Gasteiger partial charge in [-0.05, 0) is 79.9 Å². The summed E-state index contributed by atoms with van der Waals surface area (Å²) in [5, 5.41) is 2.95. The van der Waals surface area contributed by atoms with Crippen molar-refractivity contribution in [2.45, 2.75) is 64.6 Å². The van der Waals surface area contributed by atoms with Gasteiger partial charge in [-0.15, -0.1) is 0 Å². The number of H-pyrrole nitrogens is 1. The van der Waals surface area contributed by atoms with Crippen LogP contribution in [0.4, 0.5) is 5.82 Å². The molecule has 1 atom stereocenters. The Hall–Kier alpha value is -4.27. The molecule has 1 fully saturated rings. The molecule has 2 aromatic heterocycles. The van der Waals surface area contributed by atoms with Crippen LogP contribution in [0.25, 0.3) is 11.2 Å². The van der Waals surface area contributed by atoms with Crippen LogP contribution in [0, 0.1) is 5.92 Å². The van der Waals surface area contributed by atoms with Gasteiger partial charge in [0.15, 0.2) is 11.5 Å². The van der Waals surface area contributed by atoms with E-state index in [2.05, 4.69) is 48.7 Å². The first kappa shape index (κ1) is 36.0. The van der Waals surface area contributed by atoms with E-state index in [0.29, 0.717) is 43.2 Å². The Morgan fingerprint density at radius 1 is 1.06 bits per heavy atom. The fourth-order valence-electron chi connectivity index (χ4n) is 5.87. The second kappa shape index (κ2) is 16.4. The molecule has 4 aromatic rings. The molecule has 3 heterocycles. The minimum Gasteiger partial charge on any atom is -0.463 e. The average molecular weight is 697 g/mol. The van der Waals surface area contributed by atoms with Crippen molar-refractivity contribution in [1.29, 1.82) is 0 Å². The lowest BCUT2D eigenvalue weighted by Gasteiger charge is -2.32. The van der Waals surface area contributed by atoms with Gasteiger partial charge in [0.2, 0.25) is 5.91 Å². The second-order valence-corrected chi connectivity index (χ2v) is 13.6. The molecule has 264 valence electrons. The number of nitrogens with one attached hydrogen (secondary N) is 2. The van der Waals surface area contributed by atoms with E-state index in [1.807, 2.05) is 12.1 Å². The third-order valence-corrected chi connectivity index (χ3v) is 9.08. The maximum Gasteiger partial charge on any atom is 0.524 e. The van der Waals surface area contributed by atoms with Gasteiger partial charge >= 0.3 is 19.5 Å². The third kappa shape index (κ3) is 10.4. The number of fused-ring (bicyclic) bond motifs is 1. The maximum absolute atomic E-state index is 12.7. The standard InChI is InChI=1S/C33H45N8O7P/c1-2-3-18-47-32-38-29(35)28-30(39-32)41(33(43)37-28)21-25-6-4-24(5-7-25)20-40-16-13-22(14-17-40)12-15-36-31(42)27(34)19-23-8-10-26(11-9-23)48-49(44,45)46/h4-11,22,27H,2-3,12-21,34H2,1H3,(H,36,42)(H,37,43)(H2,35,38,39)(H2,44,45,46)/t27-/m0/s1. The van der Waals surface area contributed by atoms with E-state index in [0.717, 1.165) is 62.9 Å². The molecule has 2 aromatic carbocycles. The Bertz CT molecular complexity index is 1800. The van der Waals surface area contributed by atoms with Crippen LogP contribution in [-0.4, -0.2) is 72.4 Å². The highest BCUT2D eigenvalue weighted by Gasteiger charge is 2.21. The molecule has 49 heavy (non-hydrogen) atoms. The fraction of sp³-hybridized carbons (Fsp3) is 0.455. The smallest absolute Gasteiger partial charge is 0.463 e. The average Bonchev–Trinajstić information content (AvgIpc) is 3.38. The molecule has 0 spiro atoms. The predicted octanol–water partition coefficient (Wildman–Crippen LogP) is 2.69. The highest BCUT2D eigenvalue weighted by molar-refractivity contribution is 7.46. The van der Waals surface area contributed by atoms with Crippen molar-refractivity contribution in [3.8, 4) is 11.8 Å². The Morgan fingerprint density at radius 2 is 1.71 bits per heavy atom. The number of rotatable bonds is 16. The molecule has 8 N–H and O–H groups in total. The van der Waals surface area contributed by atoms with Gasteiger partial charge < -0.3 is 31.0 Å². The van der Waals surface area contributed by atoms with Gasteiger partial charge in [0.1, 0.15) is 11.3 Å². The van der Waals surface area contributed by atoms with Crippen molar-refractivity contribution in [3.05, 3.63) is 75.7 Å². The Labute approximate surface area is 284 Å². The lowest BCUT2D eigenvalue weighted by atomic mass is 9.93. The molecule has 16 heteroatoms. The largest absolute Gasteiger partial charge is 0.524 e. The number of carbonyl (C=O) groups excluding carboxylic acids is 1. The summed E-state index contributed by atoms with van der Waals surface area (Å²) in [6, 6.07) is 13.8. The molecule has 0 unspecified atom stereocenters. The number of anilines is 1. The minimum atomic E-state index is -4.62. The van der Waals surface area contributed by atoms with Gasteiger partial charge in [-0.1, -0.05) is 49.7 Å². The number of hydrogen-bond acceptors (Lipinski definition) is 10. The summed E-state index contributed by atoms with van der Waals surface area (Å²) >= 11 is 0. The van der Waals surface area contributed by atoms with Crippen LogP contribution < -0.4 is 31.7 Å². The minimum absolute atomic E-state index is 0.0426. The molecular weight excluding hydrogens is 651 g/mol. The van der Waals surface area contributed by atoms with E-state index >= 15 is 0 Å². The van der Waals surface area contributed by atoms with Crippen LogP contribution in [-0.2, 0) is 28.9 Å². The quantitative estimate of drug-likeness (QED) is 0.0735. The number of phosphoric acid groups is 1. The molecule has 1 saturated heterocycles. The molecule has 0 saturated carbocycles. The van der Waals surface area contributed by atoms with Gasteiger partial charge in [-0.25, -0.2) is 9.36 Å². The number of nitrogen functional groups attached to an aromatic ring is 1. The molecule has 1 amide bonds. The molecular formula is C33H45N8O7P. The van der Waals surface area contributed by atoms with E-state index in [1.165, 1.54) is 17.7 Å². The van der Waals surface area contributed by atoms with Crippen molar-refractivity contribution in [1.82, 2.24) is 29.7 Å². The molecule has 0 radical (unpaired) electrons.